The first-order valence-corrected chi connectivity index (χ1v) is 6.38. The molecule has 1 unspecified atom stereocenters. The van der Waals surface area contributed by atoms with Crippen molar-refractivity contribution >= 4 is 5.91 Å². The van der Waals surface area contributed by atoms with E-state index in [1.54, 1.807) is 18.2 Å². The number of nitrogens with one attached hydrogen (secondary N) is 1. The predicted octanol–water partition coefficient (Wildman–Crippen LogP) is 1.31. The van der Waals surface area contributed by atoms with E-state index in [4.69, 9.17) is 15.2 Å². The Bertz CT molecular complexity index is 484. The highest BCUT2D eigenvalue weighted by atomic mass is 16.6. The lowest BCUT2D eigenvalue weighted by Crippen LogP contribution is -2.54. The summed E-state index contributed by atoms with van der Waals surface area (Å²) in [6, 6.07) is 5.14. The molecule has 1 atom stereocenters. The molecule has 3 N–H and O–H groups in total. The number of nitrogens with two attached hydrogens (primary N) is 1. The van der Waals surface area contributed by atoms with E-state index < -0.39 is 5.54 Å². The molecular formula is C14H20N2O3. The lowest BCUT2D eigenvalue weighted by atomic mass is 9.96. The van der Waals surface area contributed by atoms with Crippen LogP contribution >= 0.6 is 0 Å². The minimum Gasteiger partial charge on any atom is -0.486 e. The molecule has 1 aliphatic rings. The molecule has 104 valence electrons. The Morgan fingerprint density at radius 3 is 2.74 bits per heavy atom. The third kappa shape index (κ3) is 2.81. The van der Waals surface area contributed by atoms with Gasteiger partial charge < -0.3 is 20.5 Å². The molecule has 1 aromatic carbocycles. The van der Waals surface area contributed by atoms with Crippen LogP contribution in [-0.2, 0) is 0 Å². The largest absolute Gasteiger partial charge is 0.486 e. The average molecular weight is 264 g/mol. The van der Waals surface area contributed by atoms with Gasteiger partial charge in [-0.05, 0) is 32.9 Å². The first-order valence-electron chi connectivity index (χ1n) is 6.38. The zero-order chi connectivity index (χ0) is 14.0. The lowest BCUT2D eigenvalue weighted by molar-refractivity contribution is 0.0892. The van der Waals surface area contributed by atoms with Crippen molar-refractivity contribution in [2.45, 2.75) is 32.4 Å². The summed E-state index contributed by atoms with van der Waals surface area (Å²) in [4.78, 5) is 12.3. The van der Waals surface area contributed by atoms with Crippen LogP contribution in [0, 0.1) is 0 Å². The second-order valence-electron chi connectivity index (χ2n) is 5.29. The molecule has 0 saturated heterocycles. The maximum Gasteiger partial charge on any atom is 0.255 e. The second kappa shape index (κ2) is 5.09. The summed E-state index contributed by atoms with van der Waals surface area (Å²) in [5, 5.41) is 2.92. The van der Waals surface area contributed by atoms with E-state index in [1.807, 2.05) is 20.8 Å². The van der Waals surface area contributed by atoms with Gasteiger partial charge in [0.1, 0.15) is 13.2 Å². The predicted molar refractivity (Wildman–Crippen MR) is 72.6 cm³/mol. The van der Waals surface area contributed by atoms with Crippen LogP contribution in [0.4, 0.5) is 0 Å². The van der Waals surface area contributed by atoms with Gasteiger partial charge in [0.05, 0.1) is 5.56 Å². The van der Waals surface area contributed by atoms with Crippen molar-refractivity contribution in [3.05, 3.63) is 23.8 Å². The van der Waals surface area contributed by atoms with Crippen LogP contribution in [0.5, 0.6) is 11.5 Å². The number of rotatable bonds is 3. The molecule has 5 nitrogen and oxygen atoms in total. The summed E-state index contributed by atoms with van der Waals surface area (Å²) < 4.78 is 11.0. The summed E-state index contributed by atoms with van der Waals surface area (Å²) in [6.45, 7) is 6.60. The maximum atomic E-state index is 12.3. The van der Waals surface area contributed by atoms with Gasteiger partial charge in [-0.3, -0.25) is 4.79 Å². The molecule has 0 spiro atoms. The molecule has 1 aromatic rings. The second-order valence-corrected chi connectivity index (χ2v) is 5.29. The molecule has 0 radical (unpaired) electrons. The van der Waals surface area contributed by atoms with Gasteiger partial charge >= 0.3 is 0 Å². The minimum absolute atomic E-state index is 0.159. The third-order valence-electron chi connectivity index (χ3n) is 3.38. The van der Waals surface area contributed by atoms with Crippen LogP contribution in [0.25, 0.3) is 0 Å². The number of carbonyl (C=O) groups excluding carboxylic acids is 1. The summed E-state index contributed by atoms with van der Waals surface area (Å²) in [6.07, 6.45) is 0. The van der Waals surface area contributed by atoms with Crippen molar-refractivity contribution in [3.63, 3.8) is 0 Å². The number of benzene rings is 1. The van der Waals surface area contributed by atoms with Gasteiger partial charge in [0.2, 0.25) is 0 Å². The number of hydrogen-bond acceptors (Lipinski definition) is 4. The van der Waals surface area contributed by atoms with Crippen molar-refractivity contribution in [1.82, 2.24) is 5.32 Å². The van der Waals surface area contributed by atoms with Gasteiger partial charge in [0, 0.05) is 11.6 Å². The number of ether oxygens (including phenoxy) is 2. The van der Waals surface area contributed by atoms with E-state index in [9.17, 15) is 4.79 Å². The number of carbonyl (C=O) groups is 1. The molecule has 2 rings (SSSR count). The quantitative estimate of drug-likeness (QED) is 0.863. The van der Waals surface area contributed by atoms with Crippen LogP contribution in [-0.4, -0.2) is 30.7 Å². The van der Waals surface area contributed by atoms with Gasteiger partial charge in [0.15, 0.2) is 11.5 Å². The molecule has 0 bridgehead atoms. The molecular weight excluding hydrogens is 244 g/mol. The topological polar surface area (TPSA) is 73.6 Å². The van der Waals surface area contributed by atoms with Crippen molar-refractivity contribution < 1.29 is 14.3 Å². The van der Waals surface area contributed by atoms with Gasteiger partial charge in [-0.25, -0.2) is 0 Å². The van der Waals surface area contributed by atoms with E-state index in [2.05, 4.69) is 5.32 Å². The van der Waals surface area contributed by atoms with Gasteiger partial charge in [0.25, 0.3) is 5.91 Å². The Morgan fingerprint density at radius 1 is 1.37 bits per heavy atom. The van der Waals surface area contributed by atoms with E-state index in [-0.39, 0.29) is 11.9 Å². The monoisotopic (exact) mass is 264 g/mol. The summed E-state index contributed by atoms with van der Waals surface area (Å²) in [5.74, 6) is 0.911. The SMILES string of the molecule is CC(N)C(C)(C)NC(=O)c1cccc2c1OCCO2. The standard InChI is InChI=1S/C14H20N2O3/c1-9(15)14(2,3)16-13(17)10-5-4-6-11-12(10)19-8-7-18-11/h4-6,9H,7-8,15H2,1-3H3,(H,16,17). The first-order chi connectivity index (χ1) is 8.92. The van der Waals surface area contributed by atoms with Crippen molar-refractivity contribution in [1.29, 1.82) is 0 Å². The zero-order valence-corrected chi connectivity index (χ0v) is 11.5. The molecule has 19 heavy (non-hydrogen) atoms. The Labute approximate surface area is 113 Å². The summed E-state index contributed by atoms with van der Waals surface area (Å²) in [7, 11) is 0. The fourth-order valence-corrected chi connectivity index (χ4v) is 1.73. The Kier molecular flexibility index (Phi) is 3.66. The van der Waals surface area contributed by atoms with E-state index >= 15 is 0 Å². The Hall–Kier alpha value is -1.75. The first kappa shape index (κ1) is 13.7. The van der Waals surface area contributed by atoms with Crippen molar-refractivity contribution in [3.8, 4) is 11.5 Å². The van der Waals surface area contributed by atoms with Gasteiger partial charge in [-0.1, -0.05) is 6.07 Å². The van der Waals surface area contributed by atoms with E-state index in [0.717, 1.165) is 0 Å². The number of amides is 1. The highest BCUT2D eigenvalue weighted by Gasteiger charge is 2.28. The molecule has 0 aromatic heterocycles. The fraction of sp³-hybridized carbons (Fsp3) is 0.500. The van der Waals surface area contributed by atoms with Crippen LogP contribution in [0.2, 0.25) is 0 Å². The molecule has 1 aliphatic heterocycles. The van der Waals surface area contributed by atoms with Crippen LogP contribution in [0.15, 0.2) is 18.2 Å². The van der Waals surface area contributed by atoms with Crippen LogP contribution in [0.1, 0.15) is 31.1 Å². The Morgan fingerprint density at radius 2 is 2.05 bits per heavy atom. The summed E-state index contributed by atoms with van der Waals surface area (Å²) in [5.41, 5.74) is 5.85. The fourth-order valence-electron chi connectivity index (χ4n) is 1.73. The lowest BCUT2D eigenvalue weighted by Gasteiger charge is -2.31. The third-order valence-corrected chi connectivity index (χ3v) is 3.38. The van der Waals surface area contributed by atoms with Gasteiger partial charge in [-0.2, -0.15) is 0 Å². The van der Waals surface area contributed by atoms with Crippen LogP contribution in [0.3, 0.4) is 0 Å². The normalized spacial score (nSPS) is 15.8. The Balaban J connectivity index is 2.25. The smallest absolute Gasteiger partial charge is 0.255 e. The molecule has 0 aliphatic carbocycles. The number of fused-ring (bicyclic) bond motifs is 1. The van der Waals surface area contributed by atoms with Crippen LogP contribution < -0.4 is 20.5 Å². The maximum absolute atomic E-state index is 12.3. The zero-order valence-electron chi connectivity index (χ0n) is 11.5. The minimum atomic E-state index is -0.491. The molecule has 1 amide bonds. The van der Waals surface area contributed by atoms with Gasteiger partial charge in [-0.15, -0.1) is 0 Å². The molecule has 1 heterocycles. The van der Waals surface area contributed by atoms with Crippen molar-refractivity contribution in [2.75, 3.05) is 13.2 Å². The number of para-hydroxylation sites is 1. The average Bonchev–Trinajstić information content (AvgIpc) is 2.37. The number of hydrogen-bond donors (Lipinski definition) is 2. The van der Waals surface area contributed by atoms with Crippen molar-refractivity contribution in [2.24, 2.45) is 5.73 Å². The highest BCUT2D eigenvalue weighted by Crippen LogP contribution is 2.33. The summed E-state index contributed by atoms with van der Waals surface area (Å²) >= 11 is 0. The molecule has 0 saturated carbocycles. The van der Waals surface area contributed by atoms with E-state index in [1.165, 1.54) is 0 Å². The molecule has 5 heteroatoms. The highest BCUT2D eigenvalue weighted by molar-refractivity contribution is 5.98. The molecule has 0 fully saturated rings. The van der Waals surface area contributed by atoms with E-state index in [0.29, 0.717) is 30.3 Å².